The second-order valence-corrected chi connectivity index (χ2v) is 5.91. The molecule has 0 unspecified atom stereocenters. The van der Waals surface area contributed by atoms with E-state index in [0.29, 0.717) is 12.5 Å². The quantitative estimate of drug-likeness (QED) is 0.440. The van der Waals surface area contributed by atoms with Crippen LogP contribution in [-0.4, -0.2) is 39.3 Å². The Morgan fingerprint density at radius 3 is 2.35 bits per heavy atom. The molecule has 0 N–H and O–H groups in total. The number of ether oxygens (including phenoxy) is 1. The number of hydrogen-bond acceptors (Lipinski definition) is 5. The number of nitrogens with zero attached hydrogens (tertiary/aromatic N) is 1. The van der Waals surface area contributed by atoms with Crippen molar-refractivity contribution in [1.29, 1.82) is 0 Å². The molecule has 0 aromatic carbocycles. The van der Waals surface area contributed by atoms with E-state index in [1.54, 1.807) is 0 Å². The Morgan fingerprint density at radius 2 is 1.88 bits per heavy atom. The Labute approximate surface area is 103 Å². The molecule has 1 rings (SSSR count). The lowest BCUT2D eigenvalue weighted by molar-refractivity contribution is 0.155. The maximum Gasteiger partial charge on any atom is 0.264 e. The van der Waals surface area contributed by atoms with E-state index in [1.807, 2.05) is 13.8 Å². The van der Waals surface area contributed by atoms with Crippen LogP contribution < -0.4 is 0 Å². The molecule has 0 atom stereocenters. The van der Waals surface area contributed by atoms with Crippen molar-refractivity contribution in [3.63, 3.8) is 0 Å². The van der Waals surface area contributed by atoms with Gasteiger partial charge < -0.3 is 4.74 Å². The van der Waals surface area contributed by atoms with Gasteiger partial charge >= 0.3 is 0 Å². The maximum absolute atomic E-state index is 11.0. The second-order valence-electron chi connectivity index (χ2n) is 4.31. The molecule has 0 radical (unpaired) electrons. The molecule has 5 nitrogen and oxygen atoms in total. The van der Waals surface area contributed by atoms with Crippen molar-refractivity contribution in [2.45, 2.75) is 51.7 Å². The second kappa shape index (κ2) is 6.35. The molecule has 100 valence electrons. The fourth-order valence-electron chi connectivity index (χ4n) is 2.02. The van der Waals surface area contributed by atoms with Gasteiger partial charge in [-0.3, -0.25) is 9.18 Å². The first-order valence-corrected chi connectivity index (χ1v) is 7.78. The zero-order valence-corrected chi connectivity index (χ0v) is 11.5. The van der Waals surface area contributed by atoms with Gasteiger partial charge in [-0.2, -0.15) is 8.42 Å². The van der Waals surface area contributed by atoms with E-state index in [-0.39, 0.29) is 12.1 Å². The average molecular weight is 263 g/mol. The van der Waals surface area contributed by atoms with Gasteiger partial charge in [-0.15, -0.1) is 0 Å². The fraction of sp³-hybridized carbons (Fsp3) is 0.909. The van der Waals surface area contributed by atoms with E-state index in [2.05, 4.69) is 4.99 Å². The Kier molecular flexibility index (Phi) is 5.39. The zero-order valence-electron chi connectivity index (χ0n) is 10.7. The lowest BCUT2D eigenvalue weighted by Gasteiger charge is -2.25. The number of aliphatic imine (C=N–C) groups is 1. The summed E-state index contributed by atoms with van der Waals surface area (Å²) in [6.07, 6.45) is 4.09. The normalized spacial score (nSPS) is 26.9. The summed E-state index contributed by atoms with van der Waals surface area (Å²) in [6.45, 7) is 4.40. The van der Waals surface area contributed by atoms with Crippen LogP contribution in [0.5, 0.6) is 0 Å². The molecule has 0 saturated heterocycles. The van der Waals surface area contributed by atoms with E-state index in [4.69, 9.17) is 8.92 Å². The number of rotatable bonds is 4. The summed E-state index contributed by atoms with van der Waals surface area (Å²) in [5.74, 6) is 0.708. The first kappa shape index (κ1) is 14.4. The summed E-state index contributed by atoms with van der Waals surface area (Å²) >= 11 is 0. The molecular weight excluding hydrogens is 242 g/mol. The monoisotopic (exact) mass is 263 g/mol. The van der Waals surface area contributed by atoms with Gasteiger partial charge in [0.2, 0.25) is 0 Å². The lowest BCUT2D eigenvalue weighted by Crippen LogP contribution is -2.26. The molecule has 6 heteroatoms. The first-order valence-electron chi connectivity index (χ1n) is 5.96. The minimum atomic E-state index is -3.33. The van der Waals surface area contributed by atoms with Gasteiger partial charge in [-0.1, -0.05) is 0 Å². The van der Waals surface area contributed by atoms with E-state index in [9.17, 15) is 8.42 Å². The van der Waals surface area contributed by atoms with E-state index >= 15 is 0 Å². The highest BCUT2D eigenvalue weighted by molar-refractivity contribution is 7.86. The highest BCUT2D eigenvalue weighted by Gasteiger charge is 2.24. The van der Waals surface area contributed by atoms with Crippen molar-refractivity contribution in [2.24, 2.45) is 4.99 Å². The molecule has 1 saturated carbocycles. The number of hydrogen-bond donors (Lipinski definition) is 0. The molecule has 0 aliphatic heterocycles. The van der Waals surface area contributed by atoms with Crippen LogP contribution in [0, 0.1) is 0 Å². The van der Waals surface area contributed by atoms with Gasteiger partial charge in [-0.25, -0.2) is 0 Å². The lowest BCUT2D eigenvalue weighted by atomic mass is 9.94. The highest BCUT2D eigenvalue weighted by atomic mass is 32.2. The summed E-state index contributed by atoms with van der Waals surface area (Å²) < 4.78 is 32.2. The molecule has 0 heterocycles. The third-order valence-corrected chi connectivity index (χ3v) is 3.29. The van der Waals surface area contributed by atoms with Crippen molar-refractivity contribution in [3.05, 3.63) is 0 Å². The highest BCUT2D eigenvalue weighted by Crippen LogP contribution is 2.24. The predicted molar refractivity (Wildman–Crippen MR) is 66.7 cm³/mol. The summed E-state index contributed by atoms with van der Waals surface area (Å²) in [6, 6.07) is 0.237. The summed E-state index contributed by atoms with van der Waals surface area (Å²) in [7, 11) is -3.33. The molecular formula is C11H21NO4S. The van der Waals surface area contributed by atoms with Gasteiger partial charge in [-0.05, 0) is 32.6 Å². The van der Waals surface area contributed by atoms with Crippen LogP contribution in [0.4, 0.5) is 0 Å². The van der Waals surface area contributed by atoms with Crippen molar-refractivity contribution < 1.29 is 17.3 Å². The first-order chi connectivity index (χ1) is 7.90. The third kappa shape index (κ3) is 6.02. The Balaban J connectivity index is 2.38. The average Bonchev–Trinajstić information content (AvgIpc) is 2.19. The standard InChI is InChI=1S/C11H21NO4S/c1-4-15-9(2)12-10-5-7-11(8-6-10)16-17(3,13)14/h10-11H,4-8H2,1-3H3. The van der Waals surface area contributed by atoms with Crippen LogP contribution in [0.25, 0.3) is 0 Å². The van der Waals surface area contributed by atoms with Gasteiger partial charge in [0.05, 0.1) is 25.0 Å². The fourth-order valence-corrected chi connectivity index (χ4v) is 2.71. The molecule has 17 heavy (non-hydrogen) atoms. The van der Waals surface area contributed by atoms with Crippen molar-refractivity contribution in [1.82, 2.24) is 0 Å². The Morgan fingerprint density at radius 1 is 1.29 bits per heavy atom. The molecule has 1 aliphatic rings. The van der Waals surface area contributed by atoms with Crippen LogP contribution in [0.2, 0.25) is 0 Å². The topological polar surface area (TPSA) is 65.0 Å². The van der Waals surface area contributed by atoms with E-state index in [0.717, 1.165) is 31.9 Å². The summed E-state index contributed by atoms with van der Waals surface area (Å²) in [4.78, 5) is 4.45. The van der Waals surface area contributed by atoms with E-state index in [1.165, 1.54) is 0 Å². The smallest absolute Gasteiger partial charge is 0.264 e. The van der Waals surface area contributed by atoms with Crippen LogP contribution in [-0.2, 0) is 19.0 Å². The molecule has 0 aromatic rings. The largest absolute Gasteiger partial charge is 0.481 e. The molecule has 1 aliphatic carbocycles. The van der Waals surface area contributed by atoms with Crippen LogP contribution in [0.3, 0.4) is 0 Å². The van der Waals surface area contributed by atoms with Crippen molar-refractivity contribution in [2.75, 3.05) is 12.9 Å². The third-order valence-electron chi connectivity index (χ3n) is 2.67. The molecule has 0 spiro atoms. The van der Waals surface area contributed by atoms with Gasteiger partial charge in [0.1, 0.15) is 0 Å². The van der Waals surface area contributed by atoms with Gasteiger partial charge in [0.25, 0.3) is 10.1 Å². The molecule has 0 amide bonds. The summed E-state index contributed by atoms with van der Waals surface area (Å²) in [5, 5.41) is 0. The van der Waals surface area contributed by atoms with E-state index < -0.39 is 10.1 Å². The predicted octanol–water partition coefficient (Wildman–Crippen LogP) is 1.73. The maximum atomic E-state index is 11.0. The minimum Gasteiger partial charge on any atom is -0.481 e. The van der Waals surface area contributed by atoms with Gasteiger partial charge in [0, 0.05) is 6.92 Å². The minimum absolute atomic E-state index is 0.177. The van der Waals surface area contributed by atoms with Crippen LogP contribution in [0.15, 0.2) is 4.99 Å². The van der Waals surface area contributed by atoms with Crippen LogP contribution >= 0.6 is 0 Å². The Hall–Kier alpha value is -0.620. The van der Waals surface area contributed by atoms with Crippen LogP contribution in [0.1, 0.15) is 39.5 Å². The Bertz CT molecular complexity index is 356. The zero-order chi connectivity index (χ0) is 12.9. The molecule has 1 fully saturated rings. The SMILES string of the molecule is CCOC(C)=NC1CCC(OS(C)(=O)=O)CC1. The van der Waals surface area contributed by atoms with Gasteiger partial charge in [0.15, 0.2) is 5.90 Å². The molecule has 0 aromatic heterocycles. The molecule has 0 bridgehead atoms. The van der Waals surface area contributed by atoms with Crippen molar-refractivity contribution in [3.8, 4) is 0 Å². The van der Waals surface area contributed by atoms with Crippen molar-refractivity contribution >= 4 is 16.0 Å². The summed E-state index contributed by atoms with van der Waals surface area (Å²) in [5.41, 5.74) is 0.